The summed E-state index contributed by atoms with van der Waals surface area (Å²) in [5, 5.41) is 3.46. The third-order valence-electron chi connectivity index (χ3n) is 5.73. The predicted molar refractivity (Wildman–Crippen MR) is 125 cm³/mol. The molecule has 0 bridgehead atoms. The highest BCUT2D eigenvalue weighted by atomic mass is 35.5. The molecule has 2 amide bonds. The molecule has 0 spiro atoms. The van der Waals surface area contributed by atoms with E-state index in [4.69, 9.17) is 27.6 Å². The van der Waals surface area contributed by atoms with Crippen molar-refractivity contribution in [1.29, 1.82) is 0 Å². The number of fused-ring (bicyclic) bond motifs is 1. The number of furan rings is 1. The van der Waals surface area contributed by atoms with Crippen molar-refractivity contribution in [2.45, 2.75) is 24.9 Å². The molecule has 1 saturated heterocycles. The Kier molecular flexibility index (Phi) is 6.35. The molecule has 1 fully saturated rings. The van der Waals surface area contributed by atoms with Crippen LogP contribution in [0.15, 0.2) is 33.9 Å². The smallest absolute Gasteiger partial charge is 0.295 e. The van der Waals surface area contributed by atoms with Crippen LogP contribution in [0.1, 0.15) is 29.0 Å². The van der Waals surface area contributed by atoms with Gasteiger partial charge in [0.05, 0.1) is 21.2 Å². The Labute approximate surface area is 200 Å². The molecule has 9 nitrogen and oxygen atoms in total. The largest absolute Gasteiger partial charge is 0.437 e. The van der Waals surface area contributed by atoms with E-state index in [9.17, 15) is 18.0 Å². The lowest BCUT2D eigenvalue weighted by Crippen LogP contribution is -2.42. The van der Waals surface area contributed by atoms with Crippen molar-refractivity contribution in [3.05, 3.63) is 45.8 Å². The van der Waals surface area contributed by atoms with Crippen molar-refractivity contribution in [3.63, 3.8) is 0 Å². The van der Waals surface area contributed by atoms with E-state index in [1.165, 1.54) is 24.4 Å². The maximum absolute atomic E-state index is 13.0. The van der Waals surface area contributed by atoms with E-state index < -0.39 is 15.9 Å². The molecule has 176 valence electrons. The number of anilines is 1. The maximum Gasteiger partial charge on any atom is 0.295 e. The maximum atomic E-state index is 13.0. The summed E-state index contributed by atoms with van der Waals surface area (Å²) in [6.07, 6.45) is 2.57. The number of hydrogen-bond acceptors (Lipinski definition) is 5. The Morgan fingerprint density at radius 2 is 1.88 bits per heavy atom. The minimum absolute atomic E-state index is 0.0436. The second-order valence-electron chi connectivity index (χ2n) is 7.85. The number of piperidine rings is 1. The average Bonchev–Trinajstić information content (AvgIpc) is 3.39. The number of aromatic nitrogens is 1. The number of hydrogen-bond donors (Lipinski definition) is 3. The van der Waals surface area contributed by atoms with Crippen molar-refractivity contribution in [2.24, 2.45) is 5.92 Å². The number of carbonyl (C=O) groups excluding carboxylic acids is 2. The first-order chi connectivity index (χ1) is 15.6. The summed E-state index contributed by atoms with van der Waals surface area (Å²) in [5.74, 6) is -0.641. The second-order valence-corrected chi connectivity index (χ2v) is 10.3. The molecule has 33 heavy (non-hydrogen) atoms. The minimum Gasteiger partial charge on any atom is -0.437 e. The molecule has 3 heterocycles. The van der Waals surface area contributed by atoms with Gasteiger partial charge in [0.25, 0.3) is 15.9 Å². The number of nitrogens with one attached hydrogen (secondary N) is 3. The van der Waals surface area contributed by atoms with Gasteiger partial charge in [-0.1, -0.05) is 23.2 Å². The molecular weight excluding hydrogens is 491 g/mol. The molecule has 3 aromatic rings. The number of carbonyl (C=O) groups is 2. The Bertz CT molecular complexity index is 1340. The van der Waals surface area contributed by atoms with Gasteiger partial charge >= 0.3 is 0 Å². The number of likely N-dealkylation sites (tertiary alicyclic amines) is 1. The van der Waals surface area contributed by atoms with Crippen molar-refractivity contribution >= 4 is 61.6 Å². The fraction of sp³-hybridized carbons (Fsp3) is 0.333. The summed E-state index contributed by atoms with van der Waals surface area (Å²) in [7, 11) is -2.56. The summed E-state index contributed by atoms with van der Waals surface area (Å²) in [5.41, 5.74) is 1.06. The van der Waals surface area contributed by atoms with Crippen LogP contribution in [0, 0.1) is 12.8 Å². The zero-order chi connectivity index (χ0) is 23.9. The van der Waals surface area contributed by atoms with Crippen LogP contribution in [0.4, 0.5) is 5.69 Å². The molecule has 1 aromatic carbocycles. The number of aryl methyl sites for hydroxylation is 1. The summed E-state index contributed by atoms with van der Waals surface area (Å²) in [6, 6.07) is 4.35. The van der Waals surface area contributed by atoms with Crippen LogP contribution in [0.2, 0.25) is 10.0 Å². The third-order valence-corrected chi connectivity index (χ3v) is 7.57. The van der Waals surface area contributed by atoms with Gasteiger partial charge in [-0.3, -0.25) is 14.3 Å². The standard InChI is InChI=1S/C21H22Cl2N4O5S/c1-11-9-16(32-19(11)21(29)27-7-5-12(6-8-27)20(28)24-2)33(30,31)26-15-4-3-13(22)17-14(23)10-25-18(15)17/h3-4,9-10,12,25-26H,5-8H2,1-2H3,(H,24,28). The first-order valence-corrected chi connectivity index (χ1v) is 12.5. The number of amides is 2. The monoisotopic (exact) mass is 512 g/mol. The molecule has 0 atom stereocenters. The van der Waals surface area contributed by atoms with Gasteiger partial charge in [0.15, 0.2) is 5.76 Å². The van der Waals surface area contributed by atoms with Crippen LogP contribution in [0.5, 0.6) is 0 Å². The van der Waals surface area contributed by atoms with E-state index in [-0.39, 0.29) is 28.4 Å². The van der Waals surface area contributed by atoms with Crippen LogP contribution in [0.3, 0.4) is 0 Å². The Morgan fingerprint density at radius 3 is 2.55 bits per heavy atom. The van der Waals surface area contributed by atoms with Gasteiger partial charge in [0, 0.05) is 49.3 Å². The molecule has 1 aliphatic heterocycles. The number of nitrogens with zero attached hydrogens (tertiary/aromatic N) is 1. The highest BCUT2D eigenvalue weighted by molar-refractivity contribution is 7.92. The lowest BCUT2D eigenvalue weighted by Gasteiger charge is -2.30. The minimum atomic E-state index is -4.14. The van der Waals surface area contributed by atoms with E-state index in [0.717, 1.165) is 0 Å². The fourth-order valence-electron chi connectivity index (χ4n) is 3.94. The molecule has 0 unspecified atom stereocenters. The lowest BCUT2D eigenvalue weighted by atomic mass is 9.96. The summed E-state index contributed by atoms with van der Waals surface area (Å²) in [4.78, 5) is 29.2. The van der Waals surface area contributed by atoms with E-state index in [0.29, 0.717) is 52.4 Å². The quantitative estimate of drug-likeness (QED) is 0.479. The Morgan fingerprint density at radius 1 is 1.18 bits per heavy atom. The third kappa shape index (κ3) is 4.42. The van der Waals surface area contributed by atoms with Crippen LogP contribution in [0.25, 0.3) is 10.9 Å². The molecule has 4 rings (SSSR count). The van der Waals surface area contributed by atoms with Crippen molar-refractivity contribution in [2.75, 3.05) is 24.9 Å². The molecular formula is C21H22Cl2N4O5S. The number of aromatic amines is 1. The van der Waals surface area contributed by atoms with Crippen LogP contribution in [-0.4, -0.2) is 50.3 Å². The van der Waals surface area contributed by atoms with Crippen LogP contribution < -0.4 is 10.0 Å². The van der Waals surface area contributed by atoms with Gasteiger partial charge in [-0.15, -0.1) is 0 Å². The molecule has 3 N–H and O–H groups in total. The zero-order valence-electron chi connectivity index (χ0n) is 17.9. The van der Waals surface area contributed by atoms with Crippen LogP contribution >= 0.6 is 23.2 Å². The van der Waals surface area contributed by atoms with Gasteiger partial charge in [0.1, 0.15) is 0 Å². The first-order valence-electron chi connectivity index (χ1n) is 10.2. The Hall–Kier alpha value is -2.69. The topological polar surface area (TPSA) is 125 Å². The fourth-order valence-corrected chi connectivity index (χ4v) is 5.58. The summed E-state index contributed by atoms with van der Waals surface area (Å²) in [6.45, 7) is 2.37. The SMILES string of the molecule is CNC(=O)C1CCN(C(=O)c2oc(S(=O)(=O)Nc3ccc(Cl)c4c(Cl)c[nH]c34)cc2C)CC1. The highest BCUT2D eigenvalue weighted by Crippen LogP contribution is 2.35. The van der Waals surface area contributed by atoms with Gasteiger partial charge in [0.2, 0.25) is 11.0 Å². The van der Waals surface area contributed by atoms with Crippen molar-refractivity contribution < 1.29 is 22.4 Å². The Balaban J connectivity index is 1.55. The molecule has 12 heteroatoms. The number of H-pyrrole nitrogens is 1. The molecule has 2 aromatic heterocycles. The molecule has 0 aliphatic carbocycles. The molecule has 0 radical (unpaired) electrons. The van der Waals surface area contributed by atoms with E-state index in [1.54, 1.807) is 18.9 Å². The van der Waals surface area contributed by atoms with Crippen molar-refractivity contribution in [1.82, 2.24) is 15.2 Å². The molecule has 0 saturated carbocycles. The van der Waals surface area contributed by atoms with Crippen LogP contribution in [-0.2, 0) is 14.8 Å². The predicted octanol–water partition coefficient (Wildman–Crippen LogP) is 3.78. The second kappa shape index (κ2) is 8.92. The van der Waals surface area contributed by atoms with Gasteiger partial charge in [-0.2, -0.15) is 8.42 Å². The summed E-state index contributed by atoms with van der Waals surface area (Å²) >= 11 is 12.3. The number of sulfonamides is 1. The van der Waals surface area contributed by atoms with E-state index in [2.05, 4.69) is 15.0 Å². The van der Waals surface area contributed by atoms with Crippen molar-refractivity contribution in [3.8, 4) is 0 Å². The van der Waals surface area contributed by atoms with Gasteiger partial charge in [-0.25, -0.2) is 0 Å². The first kappa shape index (κ1) is 23.5. The molecule has 1 aliphatic rings. The number of benzene rings is 1. The zero-order valence-corrected chi connectivity index (χ0v) is 20.2. The number of rotatable bonds is 5. The van der Waals surface area contributed by atoms with E-state index >= 15 is 0 Å². The lowest BCUT2D eigenvalue weighted by molar-refractivity contribution is -0.125. The number of halogens is 2. The highest BCUT2D eigenvalue weighted by Gasteiger charge is 2.31. The summed E-state index contributed by atoms with van der Waals surface area (Å²) < 4.78 is 34.0. The average molecular weight is 513 g/mol. The normalized spacial score (nSPS) is 15.1. The van der Waals surface area contributed by atoms with E-state index in [1.807, 2.05) is 0 Å². The van der Waals surface area contributed by atoms with Gasteiger partial charge < -0.3 is 19.6 Å². The van der Waals surface area contributed by atoms with Gasteiger partial charge in [-0.05, 0) is 31.9 Å².